The van der Waals surface area contributed by atoms with Crippen molar-refractivity contribution in [3.63, 3.8) is 0 Å². The first kappa shape index (κ1) is 24.4. The lowest BCUT2D eigenvalue weighted by atomic mass is 10.1. The second-order valence-electron chi connectivity index (χ2n) is 7.14. The Morgan fingerprint density at radius 2 is 1.96 bits per heavy atom. The number of nitrogens with zero attached hydrogens (tertiary/aromatic N) is 3. The van der Waals surface area contributed by atoms with Crippen molar-refractivity contribution in [3.05, 3.63) is 47.3 Å². The number of guanidine groups is 1. The van der Waals surface area contributed by atoms with E-state index in [1.807, 2.05) is 17.7 Å². The summed E-state index contributed by atoms with van der Waals surface area (Å²) in [6.45, 7) is 11.5. The average Bonchev–Trinajstić information content (AvgIpc) is 2.98. The number of aliphatic imine (C=N–C) groups is 1. The molecule has 0 bridgehead atoms. The van der Waals surface area contributed by atoms with Gasteiger partial charge in [-0.2, -0.15) is 5.10 Å². The van der Waals surface area contributed by atoms with Crippen molar-refractivity contribution in [2.24, 2.45) is 10.9 Å². The van der Waals surface area contributed by atoms with Crippen LogP contribution in [0.2, 0.25) is 0 Å². The van der Waals surface area contributed by atoms with Crippen molar-refractivity contribution in [1.29, 1.82) is 0 Å². The molecule has 2 aromatic rings. The monoisotopic (exact) mass is 499 g/mol. The maximum atomic E-state index is 5.61. The molecular weight excluding hydrogens is 465 g/mol. The van der Waals surface area contributed by atoms with Gasteiger partial charge in [0.1, 0.15) is 0 Å². The highest BCUT2D eigenvalue weighted by atomic mass is 127. The summed E-state index contributed by atoms with van der Waals surface area (Å²) in [6, 6.07) is 10.4. The Labute approximate surface area is 186 Å². The molecule has 2 rings (SSSR count). The molecule has 0 spiro atoms. The van der Waals surface area contributed by atoms with Gasteiger partial charge in [-0.05, 0) is 43.9 Å². The fraction of sp³-hybridized carbons (Fsp3) is 0.524. The summed E-state index contributed by atoms with van der Waals surface area (Å²) in [7, 11) is 1.79. The van der Waals surface area contributed by atoms with Crippen LogP contribution in [-0.4, -0.2) is 42.5 Å². The van der Waals surface area contributed by atoms with Gasteiger partial charge >= 0.3 is 0 Å². The minimum absolute atomic E-state index is 0. The summed E-state index contributed by atoms with van der Waals surface area (Å²) >= 11 is 0. The zero-order valence-corrected chi connectivity index (χ0v) is 20.0. The van der Waals surface area contributed by atoms with Crippen LogP contribution in [0.4, 0.5) is 0 Å². The number of para-hydroxylation sites is 1. The fourth-order valence-corrected chi connectivity index (χ4v) is 2.84. The number of benzene rings is 1. The lowest BCUT2D eigenvalue weighted by Gasteiger charge is -2.15. The Morgan fingerprint density at radius 1 is 1.21 bits per heavy atom. The van der Waals surface area contributed by atoms with Crippen molar-refractivity contribution >= 4 is 29.9 Å². The molecule has 0 saturated carbocycles. The van der Waals surface area contributed by atoms with Crippen molar-refractivity contribution in [2.45, 2.75) is 40.7 Å². The van der Waals surface area contributed by atoms with Crippen molar-refractivity contribution in [3.8, 4) is 5.69 Å². The van der Waals surface area contributed by atoms with E-state index in [2.05, 4.69) is 65.8 Å². The second-order valence-corrected chi connectivity index (χ2v) is 7.14. The quantitative estimate of drug-likeness (QED) is 0.238. The average molecular weight is 499 g/mol. The summed E-state index contributed by atoms with van der Waals surface area (Å²) in [5, 5.41) is 11.3. The molecule has 156 valence electrons. The van der Waals surface area contributed by atoms with Gasteiger partial charge in [0.25, 0.3) is 0 Å². The fourth-order valence-electron chi connectivity index (χ4n) is 2.84. The molecule has 2 N–H and O–H groups in total. The van der Waals surface area contributed by atoms with Crippen LogP contribution in [0.25, 0.3) is 5.69 Å². The first-order chi connectivity index (χ1) is 13.0. The maximum Gasteiger partial charge on any atom is 0.191 e. The summed E-state index contributed by atoms with van der Waals surface area (Å²) < 4.78 is 7.60. The molecule has 7 heteroatoms. The Balaban J connectivity index is 0.00000392. The SMILES string of the molecule is CN=C(NCCCOCC(C)C)NCc1ccccc1-n1nc(C)cc1C.I. The lowest BCUT2D eigenvalue weighted by molar-refractivity contribution is 0.108. The summed E-state index contributed by atoms with van der Waals surface area (Å²) in [5.41, 5.74) is 4.41. The predicted octanol–water partition coefficient (Wildman–Crippen LogP) is 3.83. The van der Waals surface area contributed by atoms with Crippen LogP contribution >= 0.6 is 24.0 Å². The van der Waals surface area contributed by atoms with Crippen LogP contribution < -0.4 is 10.6 Å². The molecule has 1 heterocycles. The van der Waals surface area contributed by atoms with E-state index in [0.717, 1.165) is 49.2 Å². The van der Waals surface area contributed by atoms with Crippen molar-refractivity contribution < 1.29 is 4.74 Å². The second kappa shape index (κ2) is 12.8. The summed E-state index contributed by atoms with van der Waals surface area (Å²) in [6.07, 6.45) is 0.954. The summed E-state index contributed by atoms with van der Waals surface area (Å²) in [4.78, 5) is 4.30. The standard InChI is InChI=1S/C21H33N5O.HI/c1-16(2)15-27-12-8-11-23-21(22-5)24-14-19-9-6-7-10-20(19)26-18(4)13-17(3)25-26;/h6-7,9-10,13,16H,8,11-12,14-15H2,1-5H3,(H2,22,23,24);1H. The highest BCUT2D eigenvalue weighted by molar-refractivity contribution is 14.0. The van der Waals surface area contributed by atoms with Crippen LogP contribution in [0.1, 0.15) is 37.2 Å². The minimum Gasteiger partial charge on any atom is -0.381 e. The van der Waals surface area contributed by atoms with Crippen LogP contribution in [0.3, 0.4) is 0 Å². The molecular formula is C21H34IN5O. The molecule has 1 aromatic carbocycles. The molecule has 0 radical (unpaired) electrons. The van der Waals surface area contributed by atoms with Crippen LogP contribution in [0.5, 0.6) is 0 Å². The molecule has 0 amide bonds. The molecule has 1 aromatic heterocycles. The summed E-state index contributed by atoms with van der Waals surface area (Å²) in [5.74, 6) is 1.37. The normalized spacial score (nSPS) is 11.4. The molecule has 6 nitrogen and oxygen atoms in total. The van der Waals surface area contributed by atoms with Gasteiger partial charge < -0.3 is 15.4 Å². The molecule has 28 heavy (non-hydrogen) atoms. The van der Waals surface area contributed by atoms with Gasteiger partial charge in [0.05, 0.1) is 11.4 Å². The zero-order valence-electron chi connectivity index (χ0n) is 17.7. The third-order valence-electron chi connectivity index (χ3n) is 4.11. The number of halogens is 1. The highest BCUT2D eigenvalue weighted by Gasteiger charge is 2.09. The topological polar surface area (TPSA) is 63.5 Å². The van der Waals surface area contributed by atoms with Crippen LogP contribution in [0.15, 0.2) is 35.3 Å². The van der Waals surface area contributed by atoms with Gasteiger partial charge in [-0.1, -0.05) is 32.0 Å². The molecule has 0 saturated heterocycles. The maximum absolute atomic E-state index is 5.61. The smallest absolute Gasteiger partial charge is 0.191 e. The Kier molecular flexibility index (Phi) is 11.1. The van der Waals surface area contributed by atoms with E-state index < -0.39 is 0 Å². The molecule has 0 aliphatic heterocycles. The highest BCUT2D eigenvalue weighted by Crippen LogP contribution is 2.16. The number of hydrogen-bond acceptors (Lipinski definition) is 3. The van der Waals surface area contributed by atoms with Crippen LogP contribution in [-0.2, 0) is 11.3 Å². The number of nitrogens with one attached hydrogen (secondary N) is 2. The van der Waals surface area contributed by atoms with Gasteiger partial charge in [-0.15, -0.1) is 24.0 Å². The number of hydrogen-bond donors (Lipinski definition) is 2. The third-order valence-corrected chi connectivity index (χ3v) is 4.11. The zero-order chi connectivity index (χ0) is 19.6. The van der Waals surface area contributed by atoms with E-state index in [4.69, 9.17) is 4.74 Å². The Morgan fingerprint density at radius 3 is 2.61 bits per heavy atom. The third kappa shape index (κ3) is 7.79. The van der Waals surface area contributed by atoms with Gasteiger partial charge in [0, 0.05) is 39.0 Å². The van der Waals surface area contributed by atoms with E-state index in [1.165, 1.54) is 5.56 Å². The molecule has 0 fully saturated rings. The van der Waals surface area contributed by atoms with E-state index >= 15 is 0 Å². The number of rotatable bonds is 9. The largest absolute Gasteiger partial charge is 0.381 e. The first-order valence-electron chi connectivity index (χ1n) is 9.65. The number of ether oxygens (including phenoxy) is 1. The lowest BCUT2D eigenvalue weighted by Crippen LogP contribution is -2.37. The Hall–Kier alpha value is -1.61. The van der Waals surface area contributed by atoms with Gasteiger partial charge in [-0.3, -0.25) is 4.99 Å². The van der Waals surface area contributed by atoms with Gasteiger partial charge in [-0.25, -0.2) is 4.68 Å². The number of aryl methyl sites for hydroxylation is 2. The van der Waals surface area contributed by atoms with E-state index in [9.17, 15) is 0 Å². The van der Waals surface area contributed by atoms with Crippen molar-refractivity contribution in [2.75, 3.05) is 26.8 Å². The minimum atomic E-state index is 0. The van der Waals surface area contributed by atoms with Gasteiger partial charge in [0.2, 0.25) is 0 Å². The van der Waals surface area contributed by atoms with Gasteiger partial charge in [0.15, 0.2) is 5.96 Å². The first-order valence-corrected chi connectivity index (χ1v) is 9.65. The van der Waals surface area contributed by atoms with E-state index in [0.29, 0.717) is 12.5 Å². The predicted molar refractivity (Wildman–Crippen MR) is 127 cm³/mol. The van der Waals surface area contributed by atoms with Crippen LogP contribution in [0, 0.1) is 19.8 Å². The molecule has 0 aliphatic rings. The number of aromatic nitrogens is 2. The van der Waals surface area contributed by atoms with E-state index in [-0.39, 0.29) is 24.0 Å². The molecule has 0 aliphatic carbocycles. The Bertz CT molecular complexity index is 742. The molecule has 0 unspecified atom stereocenters. The molecule has 0 atom stereocenters. The van der Waals surface area contributed by atoms with Crippen molar-refractivity contribution in [1.82, 2.24) is 20.4 Å². The van der Waals surface area contributed by atoms with E-state index in [1.54, 1.807) is 7.05 Å².